The summed E-state index contributed by atoms with van der Waals surface area (Å²) in [6.45, 7) is 2.91. The zero-order valence-electron chi connectivity index (χ0n) is 20.9. The Morgan fingerprint density at radius 2 is 1.89 bits per heavy atom. The number of anilines is 2. The minimum Gasteiger partial charge on any atom is -0.481 e. The predicted octanol–water partition coefficient (Wildman–Crippen LogP) is 5.52. The maximum Gasteiger partial charge on any atom is 0.303 e. The molecule has 1 aliphatic heterocycles. The molecular weight excluding hydrogens is 476 g/mol. The molecule has 1 aromatic carbocycles. The van der Waals surface area contributed by atoms with E-state index in [4.69, 9.17) is 15.6 Å². The van der Waals surface area contributed by atoms with Crippen molar-refractivity contribution >= 4 is 35.1 Å². The summed E-state index contributed by atoms with van der Waals surface area (Å²) >= 11 is 1.54. The number of rotatable bonds is 10. The molecule has 1 fully saturated rings. The largest absolute Gasteiger partial charge is 0.481 e. The number of aromatic nitrogens is 2. The highest BCUT2D eigenvalue weighted by atomic mass is 32.2. The Balaban J connectivity index is 1.42. The molecule has 1 amide bonds. The fourth-order valence-corrected chi connectivity index (χ4v) is 5.93. The molecule has 3 N–H and O–H groups in total. The molecule has 1 saturated carbocycles. The van der Waals surface area contributed by atoms with Gasteiger partial charge in [0.1, 0.15) is 18.0 Å². The summed E-state index contributed by atoms with van der Waals surface area (Å²) in [5.74, 6) is 1.07. The molecule has 8 nitrogen and oxygen atoms in total. The van der Waals surface area contributed by atoms with Crippen molar-refractivity contribution < 1.29 is 19.4 Å². The van der Waals surface area contributed by atoms with Crippen molar-refractivity contribution in [2.24, 2.45) is 5.92 Å². The van der Waals surface area contributed by atoms with Crippen LogP contribution in [-0.4, -0.2) is 45.9 Å². The van der Waals surface area contributed by atoms with Crippen molar-refractivity contribution in [2.75, 3.05) is 29.5 Å². The Kier molecular flexibility index (Phi) is 9.07. The van der Waals surface area contributed by atoms with Gasteiger partial charge in [-0.05, 0) is 61.6 Å². The molecule has 1 aliphatic carbocycles. The highest BCUT2D eigenvalue weighted by Crippen LogP contribution is 2.38. The lowest BCUT2D eigenvalue weighted by Gasteiger charge is -2.28. The van der Waals surface area contributed by atoms with Crippen molar-refractivity contribution in [1.82, 2.24) is 9.97 Å². The fraction of sp³-hybridized carbons (Fsp3) is 0.556. The minimum atomic E-state index is -0.709. The number of nitrogens with zero attached hydrogens (tertiary/aromatic N) is 3. The summed E-state index contributed by atoms with van der Waals surface area (Å²) in [4.78, 5) is 35.0. The number of ether oxygens (including phenoxy) is 1. The van der Waals surface area contributed by atoms with Gasteiger partial charge < -0.3 is 20.5 Å². The topological polar surface area (TPSA) is 119 Å². The van der Waals surface area contributed by atoms with E-state index in [9.17, 15) is 9.59 Å². The molecule has 9 heteroatoms. The summed E-state index contributed by atoms with van der Waals surface area (Å²) in [7, 11) is 0. The van der Waals surface area contributed by atoms with E-state index in [1.54, 1.807) is 16.7 Å². The van der Waals surface area contributed by atoms with Crippen LogP contribution in [0.1, 0.15) is 86.6 Å². The first kappa shape index (κ1) is 26.3. The van der Waals surface area contributed by atoms with Crippen LogP contribution in [0, 0.1) is 5.92 Å². The molecule has 0 atom stereocenters. The molecule has 0 spiro atoms. The Morgan fingerprint density at radius 3 is 2.58 bits per heavy atom. The number of nitrogen functional groups attached to an aromatic ring is 1. The number of thioether (sulfide) groups is 1. The zero-order valence-corrected chi connectivity index (χ0v) is 21.8. The molecule has 4 rings (SSSR count). The van der Waals surface area contributed by atoms with Gasteiger partial charge in [0, 0.05) is 17.9 Å². The van der Waals surface area contributed by atoms with Crippen molar-refractivity contribution in [3.8, 4) is 5.88 Å². The second-order valence-corrected chi connectivity index (χ2v) is 10.8. The van der Waals surface area contributed by atoms with Crippen LogP contribution in [-0.2, 0) is 4.79 Å². The molecule has 2 aromatic rings. The smallest absolute Gasteiger partial charge is 0.303 e. The number of carbonyl (C=O) groups excluding carboxylic acids is 1. The summed E-state index contributed by atoms with van der Waals surface area (Å²) in [6, 6.07) is 8.10. The van der Waals surface area contributed by atoms with Gasteiger partial charge in [0.2, 0.25) is 5.88 Å². The van der Waals surface area contributed by atoms with Crippen molar-refractivity contribution in [3.63, 3.8) is 0 Å². The first-order valence-electron chi connectivity index (χ1n) is 13.0. The number of carboxylic acid groups (broad SMARTS) is 1. The average Bonchev–Trinajstić information content (AvgIpc) is 3.03. The normalized spacial score (nSPS) is 19.9. The fourth-order valence-electron chi connectivity index (χ4n) is 5.09. The molecule has 194 valence electrons. The molecule has 2 aliphatic rings. The minimum absolute atomic E-state index is 0.155. The Hall–Kier alpha value is -2.81. The average molecular weight is 513 g/mol. The standard InChI is InChI=1S/C27H36N4O4S/c1-2-3-4-5-16-36-27-29-24(28)23-25(30-27)35-15-14-31(26(23)34)21-12-10-20(11-13-21)19-8-6-18(7-9-19)17-22(32)33/h10-13,18-19H,2-9,14-17H2,1H3,(H,32,33)(H2,28,29,30)/t18-,19-. The van der Waals surface area contributed by atoms with Gasteiger partial charge in [-0.15, -0.1) is 0 Å². The molecule has 0 saturated heterocycles. The lowest BCUT2D eigenvalue weighted by atomic mass is 9.77. The van der Waals surface area contributed by atoms with E-state index in [0.29, 0.717) is 24.2 Å². The molecule has 0 radical (unpaired) electrons. The Labute approximate surface area is 217 Å². The van der Waals surface area contributed by atoms with Gasteiger partial charge in [0.15, 0.2) is 5.16 Å². The van der Waals surface area contributed by atoms with E-state index >= 15 is 0 Å². The van der Waals surface area contributed by atoms with E-state index in [1.807, 2.05) is 12.1 Å². The van der Waals surface area contributed by atoms with Crippen molar-refractivity contribution in [3.05, 3.63) is 35.4 Å². The number of fused-ring (bicyclic) bond motifs is 1. The van der Waals surface area contributed by atoms with Crippen LogP contribution in [0.25, 0.3) is 0 Å². The number of aliphatic carboxylic acids is 1. The number of benzene rings is 1. The van der Waals surface area contributed by atoms with Crippen LogP contribution in [0.2, 0.25) is 0 Å². The van der Waals surface area contributed by atoms with Crippen molar-refractivity contribution in [2.45, 2.75) is 75.8 Å². The number of amides is 1. The first-order chi connectivity index (χ1) is 17.5. The maximum absolute atomic E-state index is 13.4. The Morgan fingerprint density at radius 1 is 1.14 bits per heavy atom. The molecule has 0 unspecified atom stereocenters. The number of hydrogen-bond donors (Lipinski definition) is 2. The quantitative estimate of drug-likeness (QED) is 0.243. The van der Waals surface area contributed by atoms with Crippen LogP contribution < -0.4 is 15.4 Å². The number of hydrogen-bond acceptors (Lipinski definition) is 7. The van der Waals surface area contributed by atoms with E-state index in [2.05, 4.69) is 29.0 Å². The SMILES string of the molecule is CCCCCCSc1nc(N)c2c(n1)OCCN(c1ccc([C@H]3CC[C@H](CC(=O)O)CC3)cc1)C2=O. The monoisotopic (exact) mass is 512 g/mol. The number of nitrogens with two attached hydrogens (primary N) is 1. The number of unbranched alkanes of at least 4 members (excludes halogenated alkanes) is 3. The van der Waals surface area contributed by atoms with E-state index < -0.39 is 5.97 Å². The molecule has 36 heavy (non-hydrogen) atoms. The number of carboxylic acids is 1. The van der Waals surface area contributed by atoms with Crippen LogP contribution >= 0.6 is 11.8 Å². The van der Waals surface area contributed by atoms with Crippen LogP contribution in [0.3, 0.4) is 0 Å². The van der Waals surface area contributed by atoms with Gasteiger partial charge in [-0.25, -0.2) is 4.98 Å². The maximum atomic E-state index is 13.4. The number of carbonyl (C=O) groups is 2. The Bertz CT molecular complexity index is 1050. The van der Waals surface area contributed by atoms with Crippen LogP contribution in [0.4, 0.5) is 11.5 Å². The second-order valence-electron chi connectivity index (χ2n) is 9.69. The third-order valence-electron chi connectivity index (χ3n) is 7.11. The molecule has 2 heterocycles. The van der Waals surface area contributed by atoms with Gasteiger partial charge in [-0.1, -0.05) is 50.1 Å². The van der Waals surface area contributed by atoms with Crippen LogP contribution in [0.5, 0.6) is 5.88 Å². The highest BCUT2D eigenvalue weighted by Gasteiger charge is 2.30. The lowest BCUT2D eigenvalue weighted by molar-refractivity contribution is -0.138. The van der Waals surface area contributed by atoms with Gasteiger partial charge in [0.05, 0.1) is 6.54 Å². The van der Waals surface area contributed by atoms with Gasteiger partial charge in [0.25, 0.3) is 5.91 Å². The third-order valence-corrected chi connectivity index (χ3v) is 8.04. The molecule has 0 bridgehead atoms. The predicted molar refractivity (Wildman–Crippen MR) is 142 cm³/mol. The van der Waals surface area contributed by atoms with Crippen molar-refractivity contribution in [1.29, 1.82) is 0 Å². The third kappa shape index (κ3) is 6.49. The van der Waals surface area contributed by atoms with Gasteiger partial charge >= 0.3 is 5.97 Å². The van der Waals surface area contributed by atoms with Gasteiger partial charge in [-0.2, -0.15) is 4.98 Å². The van der Waals surface area contributed by atoms with Crippen LogP contribution in [0.15, 0.2) is 29.4 Å². The zero-order chi connectivity index (χ0) is 25.5. The van der Waals surface area contributed by atoms with E-state index in [-0.39, 0.29) is 35.5 Å². The second kappa shape index (κ2) is 12.4. The molecule has 1 aromatic heterocycles. The van der Waals surface area contributed by atoms with E-state index in [0.717, 1.165) is 43.5 Å². The van der Waals surface area contributed by atoms with E-state index in [1.165, 1.54) is 24.8 Å². The summed E-state index contributed by atoms with van der Waals surface area (Å²) in [5.41, 5.74) is 8.47. The summed E-state index contributed by atoms with van der Waals surface area (Å²) in [5, 5.41) is 9.59. The van der Waals surface area contributed by atoms with Gasteiger partial charge in [-0.3, -0.25) is 9.59 Å². The molecular formula is C27H36N4O4S. The highest BCUT2D eigenvalue weighted by molar-refractivity contribution is 7.99. The summed E-state index contributed by atoms with van der Waals surface area (Å²) in [6.07, 6.45) is 8.81. The summed E-state index contributed by atoms with van der Waals surface area (Å²) < 4.78 is 5.84. The first-order valence-corrected chi connectivity index (χ1v) is 14.0. The lowest BCUT2D eigenvalue weighted by Crippen LogP contribution is -2.32.